The van der Waals surface area contributed by atoms with E-state index in [1.165, 1.54) is 6.08 Å². The molecule has 26 heavy (non-hydrogen) atoms. The minimum absolute atomic E-state index is 0.0157. The summed E-state index contributed by atoms with van der Waals surface area (Å²) in [6, 6.07) is 1.91. The first-order valence-electron chi connectivity index (χ1n) is 8.38. The number of amides is 1. The van der Waals surface area contributed by atoms with Gasteiger partial charge in [-0.15, -0.1) is 0 Å². The molecule has 3 aromatic rings. The van der Waals surface area contributed by atoms with Gasteiger partial charge in [0.2, 0.25) is 11.9 Å². The van der Waals surface area contributed by atoms with Gasteiger partial charge in [-0.05, 0) is 12.1 Å². The van der Waals surface area contributed by atoms with Crippen LogP contribution in [0.5, 0.6) is 0 Å². The lowest BCUT2D eigenvalue weighted by Crippen LogP contribution is -2.51. The Kier molecular flexibility index (Phi) is 4.04. The highest BCUT2D eigenvalue weighted by Crippen LogP contribution is 2.24. The van der Waals surface area contributed by atoms with E-state index in [-0.39, 0.29) is 5.91 Å². The zero-order valence-electron chi connectivity index (χ0n) is 14.4. The average Bonchev–Trinajstić information content (AvgIpc) is 3.21. The summed E-state index contributed by atoms with van der Waals surface area (Å²) in [6.07, 6.45) is 6.77. The molecule has 0 atom stereocenters. The van der Waals surface area contributed by atoms with Gasteiger partial charge in [0.1, 0.15) is 5.52 Å². The summed E-state index contributed by atoms with van der Waals surface area (Å²) in [5.41, 5.74) is 2.51. The number of carbonyl (C=O) groups excluding carboxylic acids is 1. The number of fused-ring (bicyclic) bond motifs is 1. The standard InChI is InChI=1S/C17H20N8O/c1-3-14(26)25-8-11(9-25)6-19-16-15-13(4-5-18-15)22-17(23-16)21-12-7-20-24(2)10-12/h3-5,7,10-11,18H,1,6,8-9H2,2H3,(H2,19,21,22,23). The molecule has 1 amide bonds. The molecular formula is C17H20N8O. The molecule has 4 rings (SSSR count). The molecule has 0 aromatic carbocycles. The van der Waals surface area contributed by atoms with Crippen molar-refractivity contribution < 1.29 is 4.79 Å². The van der Waals surface area contributed by atoms with Crippen LogP contribution in [0, 0.1) is 5.92 Å². The van der Waals surface area contributed by atoms with Crippen LogP contribution < -0.4 is 10.6 Å². The first kappa shape index (κ1) is 16.1. The van der Waals surface area contributed by atoms with Gasteiger partial charge in [0, 0.05) is 45.0 Å². The van der Waals surface area contributed by atoms with Crippen molar-refractivity contribution in [1.29, 1.82) is 0 Å². The predicted molar refractivity (Wildman–Crippen MR) is 99.1 cm³/mol. The number of carbonyl (C=O) groups is 1. The number of aryl methyl sites for hydroxylation is 1. The van der Waals surface area contributed by atoms with Crippen molar-refractivity contribution in [2.24, 2.45) is 13.0 Å². The quantitative estimate of drug-likeness (QED) is 0.581. The highest BCUT2D eigenvalue weighted by molar-refractivity contribution is 5.88. The fraction of sp³-hybridized carbons (Fsp3) is 0.294. The fourth-order valence-electron chi connectivity index (χ4n) is 2.99. The second kappa shape index (κ2) is 6.51. The maximum Gasteiger partial charge on any atom is 0.245 e. The second-order valence-electron chi connectivity index (χ2n) is 6.36. The van der Waals surface area contributed by atoms with E-state index < -0.39 is 0 Å². The van der Waals surface area contributed by atoms with Crippen LogP contribution in [0.3, 0.4) is 0 Å². The van der Waals surface area contributed by atoms with Crippen LogP contribution in [-0.2, 0) is 11.8 Å². The lowest BCUT2D eigenvalue weighted by Gasteiger charge is -2.38. The van der Waals surface area contributed by atoms with Gasteiger partial charge >= 0.3 is 0 Å². The summed E-state index contributed by atoms with van der Waals surface area (Å²) in [5, 5.41) is 10.7. The summed E-state index contributed by atoms with van der Waals surface area (Å²) in [7, 11) is 1.85. The second-order valence-corrected chi connectivity index (χ2v) is 6.36. The number of hydrogen-bond acceptors (Lipinski definition) is 6. The maximum atomic E-state index is 11.5. The molecule has 1 aliphatic heterocycles. The van der Waals surface area contributed by atoms with E-state index in [0.717, 1.165) is 42.2 Å². The molecule has 1 saturated heterocycles. The van der Waals surface area contributed by atoms with Gasteiger partial charge in [-0.1, -0.05) is 6.58 Å². The van der Waals surface area contributed by atoms with Gasteiger partial charge in [0.05, 0.1) is 17.4 Å². The Morgan fingerprint density at radius 1 is 1.46 bits per heavy atom. The van der Waals surface area contributed by atoms with Gasteiger partial charge in [-0.25, -0.2) is 4.98 Å². The Morgan fingerprint density at radius 3 is 3.04 bits per heavy atom. The number of nitrogens with one attached hydrogen (secondary N) is 3. The van der Waals surface area contributed by atoms with E-state index in [2.05, 4.69) is 37.3 Å². The SMILES string of the molecule is C=CC(=O)N1CC(CNc2nc(Nc3cnn(C)c3)nc3cc[nH]c23)C1. The van der Waals surface area contributed by atoms with Gasteiger partial charge in [0.15, 0.2) is 5.82 Å². The molecular weight excluding hydrogens is 332 g/mol. The third-order valence-corrected chi connectivity index (χ3v) is 4.37. The topological polar surface area (TPSA) is 104 Å². The Hall–Kier alpha value is -3.36. The number of rotatable bonds is 6. The Labute approximate surface area is 150 Å². The van der Waals surface area contributed by atoms with E-state index in [4.69, 9.17) is 0 Å². The monoisotopic (exact) mass is 352 g/mol. The third kappa shape index (κ3) is 3.10. The number of anilines is 3. The van der Waals surface area contributed by atoms with Crippen molar-refractivity contribution in [3.63, 3.8) is 0 Å². The molecule has 134 valence electrons. The molecule has 3 N–H and O–H groups in total. The molecule has 3 aromatic heterocycles. The van der Waals surface area contributed by atoms with E-state index in [9.17, 15) is 4.79 Å². The van der Waals surface area contributed by atoms with Crippen molar-refractivity contribution in [2.75, 3.05) is 30.3 Å². The fourth-order valence-corrected chi connectivity index (χ4v) is 2.99. The lowest BCUT2D eigenvalue weighted by molar-refractivity contribution is -0.131. The number of aromatic nitrogens is 5. The Bertz CT molecular complexity index is 953. The first-order chi connectivity index (χ1) is 12.6. The molecule has 9 heteroatoms. The molecule has 0 radical (unpaired) electrons. The highest BCUT2D eigenvalue weighted by Gasteiger charge is 2.29. The number of aromatic amines is 1. The average molecular weight is 352 g/mol. The molecule has 0 saturated carbocycles. The summed E-state index contributed by atoms with van der Waals surface area (Å²) < 4.78 is 1.71. The van der Waals surface area contributed by atoms with Crippen LogP contribution in [0.15, 0.2) is 37.3 Å². The van der Waals surface area contributed by atoms with Crippen molar-refractivity contribution in [1.82, 2.24) is 29.6 Å². The third-order valence-electron chi connectivity index (χ3n) is 4.37. The van der Waals surface area contributed by atoms with Crippen LogP contribution >= 0.6 is 0 Å². The van der Waals surface area contributed by atoms with Gasteiger partial charge in [-0.3, -0.25) is 9.48 Å². The first-order valence-corrected chi connectivity index (χ1v) is 8.38. The zero-order chi connectivity index (χ0) is 18.1. The normalized spacial score (nSPS) is 14.3. The molecule has 1 fully saturated rings. The number of likely N-dealkylation sites (tertiary alicyclic amines) is 1. The highest BCUT2D eigenvalue weighted by atomic mass is 16.2. The molecule has 0 bridgehead atoms. The summed E-state index contributed by atoms with van der Waals surface area (Å²) in [6.45, 7) is 5.72. The minimum atomic E-state index is -0.0157. The molecule has 0 spiro atoms. The number of H-pyrrole nitrogens is 1. The molecule has 0 unspecified atom stereocenters. The summed E-state index contributed by atoms with van der Waals surface area (Å²) in [5.74, 6) is 1.62. The van der Waals surface area contributed by atoms with Crippen LogP contribution in [-0.4, -0.2) is 55.2 Å². The summed E-state index contributed by atoms with van der Waals surface area (Å²) in [4.78, 5) is 25.6. The maximum absolute atomic E-state index is 11.5. The molecule has 4 heterocycles. The van der Waals surface area contributed by atoms with E-state index in [1.54, 1.807) is 15.8 Å². The van der Waals surface area contributed by atoms with Crippen LogP contribution in [0.25, 0.3) is 11.0 Å². The van der Waals surface area contributed by atoms with Crippen molar-refractivity contribution in [3.8, 4) is 0 Å². The molecule has 9 nitrogen and oxygen atoms in total. The van der Waals surface area contributed by atoms with E-state index in [0.29, 0.717) is 11.9 Å². The molecule has 0 aliphatic carbocycles. The van der Waals surface area contributed by atoms with E-state index >= 15 is 0 Å². The Balaban J connectivity index is 1.46. The van der Waals surface area contributed by atoms with Crippen molar-refractivity contribution in [3.05, 3.63) is 37.3 Å². The lowest BCUT2D eigenvalue weighted by atomic mass is 10.00. The smallest absolute Gasteiger partial charge is 0.245 e. The van der Waals surface area contributed by atoms with Crippen LogP contribution in [0.2, 0.25) is 0 Å². The van der Waals surface area contributed by atoms with Crippen LogP contribution in [0.4, 0.5) is 17.5 Å². The minimum Gasteiger partial charge on any atom is -0.368 e. The van der Waals surface area contributed by atoms with Crippen LogP contribution in [0.1, 0.15) is 0 Å². The van der Waals surface area contributed by atoms with Gasteiger partial charge in [0.25, 0.3) is 0 Å². The number of hydrogen-bond donors (Lipinski definition) is 3. The predicted octanol–water partition coefficient (Wildman–Crippen LogP) is 1.49. The van der Waals surface area contributed by atoms with Crippen molar-refractivity contribution >= 4 is 34.4 Å². The number of nitrogens with zero attached hydrogens (tertiary/aromatic N) is 5. The van der Waals surface area contributed by atoms with E-state index in [1.807, 2.05) is 25.5 Å². The van der Waals surface area contributed by atoms with Gasteiger partial charge in [-0.2, -0.15) is 10.1 Å². The largest absolute Gasteiger partial charge is 0.368 e. The Morgan fingerprint density at radius 2 is 2.31 bits per heavy atom. The van der Waals surface area contributed by atoms with Gasteiger partial charge < -0.3 is 20.5 Å². The zero-order valence-corrected chi connectivity index (χ0v) is 14.4. The van der Waals surface area contributed by atoms with Crippen molar-refractivity contribution in [2.45, 2.75) is 0 Å². The molecule has 1 aliphatic rings. The summed E-state index contributed by atoms with van der Waals surface area (Å²) >= 11 is 0.